The largest absolute Gasteiger partial charge is 0.239 e. The van der Waals surface area contributed by atoms with Crippen LogP contribution in [0.15, 0.2) is 17.5 Å². The van der Waals surface area contributed by atoms with Crippen molar-refractivity contribution >= 4 is 11.3 Å². The first-order valence-electron chi connectivity index (χ1n) is 5.68. The number of nitrogens with zero attached hydrogens (tertiary/aromatic N) is 2. The van der Waals surface area contributed by atoms with Crippen molar-refractivity contribution in [3.05, 3.63) is 39.7 Å². The minimum atomic E-state index is -0.733. The fourth-order valence-electron chi connectivity index (χ4n) is 1.57. The Morgan fingerprint density at radius 1 is 1.26 bits per heavy atom. The average Bonchev–Trinajstić information content (AvgIpc) is 2.84. The third-order valence-electron chi connectivity index (χ3n) is 2.84. The average molecular weight is 278 g/mol. The van der Waals surface area contributed by atoms with Crippen LogP contribution >= 0.6 is 11.3 Å². The molecule has 19 heavy (non-hydrogen) atoms. The maximum atomic E-state index is 13.8. The quantitative estimate of drug-likeness (QED) is 0.825. The first-order valence-corrected chi connectivity index (χ1v) is 6.56. The van der Waals surface area contributed by atoms with Gasteiger partial charge in [0.05, 0.1) is 11.8 Å². The lowest BCUT2D eigenvalue weighted by Gasteiger charge is -2.10. The van der Waals surface area contributed by atoms with Gasteiger partial charge in [0, 0.05) is 10.9 Å². The second kappa shape index (κ2) is 4.71. The normalized spacial score (nSPS) is 11.4. The number of aromatic nitrogens is 1. The third kappa shape index (κ3) is 2.49. The predicted octanol–water partition coefficient (Wildman–Crippen LogP) is 4.20. The standard InChI is InChI=1S/C14H12F2N2S/c1-8-4-11(16)9(5-10(8)15)12-6-19-13(18-12)14(2,3)7-17/h4-6H,1-3H3. The van der Waals surface area contributed by atoms with Gasteiger partial charge in [-0.3, -0.25) is 0 Å². The summed E-state index contributed by atoms with van der Waals surface area (Å²) >= 11 is 1.27. The van der Waals surface area contributed by atoms with Gasteiger partial charge in [-0.25, -0.2) is 13.8 Å². The Bertz CT molecular complexity index is 669. The van der Waals surface area contributed by atoms with Gasteiger partial charge in [0.25, 0.3) is 0 Å². The third-order valence-corrected chi connectivity index (χ3v) is 4.01. The number of aryl methyl sites for hydroxylation is 1. The molecule has 2 aromatic rings. The zero-order valence-corrected chi connectivity index (χ0v) is 11.6. The first kappa shape index (κ1) is 13.6. The second-order valence-electron chi connectivity index (χ2n) is 4.86. The zero-order valence-electron chi connectivity index (χ0n) is 10.8. The maximum absolute atomic E-state index is 13.8. The molecule has 0 saturated carbocycles. The minimum absolute atomic E-state index is 0.124. The van der Waals surface area contributed by atoms with E-state index >= 15 is 0 Å². The Balaban J connectivity index is 2.50. The number of hydrogen-bond acceptors (Lipinski definition) is 3. The summed E-state index contributed by atoms with van der Waals surface area (Å²) in [5.41, 5.74) is 0.0101. The molecule has 0 radical (unpaired) electrons. The molecule has 98 valence electrons. The summed E-state index contributed by atoms with van der Waals surface area (Å²) < 4.78 is 27.3. The van der Waals surface area contributed by atoms with E-state index in [1.807, 2.05) is 0 Å². The van der Waals surface area contributed by atoms with E-state index in [0.717, 1.165) is 12.1 Å². The molecule has 1 aromatic carbocycles. The first-order chi connectivity index (χ1) is 8.85. The van der Waals surface area contributed by atoms with Crippen molar-refractivity contribution in [2.24, 2.45) is 0 Å². The van der Waals surface area contributed by atoms with Gasteiger partial charge in [0.15, 0.2) is 0 Å². The van der Waals surface area contributed by atoms with E-state index in [4.69, 9.17) is 5.26 Å². The van der Waals surface area contributed by atoms with Gasteiger partial charge in [-0.05, 0) is 38.5 Å². The Morgan fingerprint density at radius 3 is 2.58 bits per heavy atom. The van der Waals surface area contributed by atoms with Crippen molar-refractivity contribution in [1.82, 2.24) is 4.98 Å². The molecule has 0 aliphatic carbocycles. The summed E-state index contributed by atoms with van der Waals surface area (Å²) in [7, 11) is 0. The molecule has 0 bridgehead atoms. The van der Waals surface area contributed by atoms with Crippen LogP contribution in [0.25, 0.3) is 11.3 Å². The van der Waals surface area contributed by atoms with E-state index in [-0.39, 0.29) is 11.1 Å². The Kier molecular flexibility index (Phi) is 3.38. The number of halogens is 2. The molecule has 0 unspecified atom stereocenters. The highest BCUT2D eigenvalue weighted by molar-refractivity contribution is 7.10. The zero-order chi connectivity index (χ0) is 14.2. The summed E-state index contributed by atoms with van der Waals surface area (Å²) in [5, 5.41) is 11.3. The summed E-state index contributed by atoms with van der Waals surface area (Å²) in [6.07, 6.45) is 0. The number of nitriles is 1. The fraction of sp³-hybridized carbons (Fsp3) is 0.286. The van der Waals surface area contributed by atoms with E-state index < -0.39 is 17.0 Å². The van der Waals surface area contributed by atoms with Crippen molar-refractivity contribution in [2.75, 3.05) is 0 Å². The molecule has 2 rings (SSSR count). The molecule has 0 saturated heterocycles. The SMILES string of the molecule is Cc1cc(F)c(-c2csc(C(C)(C)C#N)n2)cc1F. The summed E-state index contributed by atoms with van der Waals surface area (Å²) in [6.45, 7) is 4.98. The van der Waals surface area contributed by atoms with Gasteiger partial charge in [-0.15, -0.1) is 11.3 Å². The molecule has 0 atom stereocenters. The summed E-state index contributed by atoms with van der Waals surface area (Å²) in [5.74, 6) is -0.976. The van der Waals surface area contributed by atoms with E-state index in [9.17, 15) is 8.78 Å². The van der Waals surface area contributed by atoms with Crippen molar-refractivity contribution < 1.29 is 8.78 Å². The molecule has 0 spiro atoms. The van der Waals surface area contributed by atoms with E-state index in [1.165, 1.54) is 18.3 Å². The van der Waals surface area contributed by atoms with Crippen LogP contribution in [-0.2, 0) is 5.41 Å². The van der Waals surface area contributed by atoms with Gasteiger partial charge in [0.1, 0.15) is 22.1 Å². The highest BCUT2D eigenvalue weighted by Crippen LogP contribution is 2.31. The highest BCUT2D eigenvalue weighted by Gasteiger charge is 2.24. The van der Waals surface area contributed by atoms with Crippen LogP contribution in [0.5, 0.6) is 0 Å². The fourth-order valence-corrected chi connectivity index (χ4v) is 2.47. The Labute approximate surface area is 114 Å². The van der Waals surface area contributed by atoms with Gasteiger partial charge < -0.3 is 0 Å². The lowest BCUT2D eigenvalue weighted by atomic mass is 9.97. The van der Waals surface area contributed by atoms with Crippen molar-refractivity contribution in [3.8, 4) is 17.3 Å². The lowest BCUT2D eigenvalue weighted by Crippen LogP contribution is -2.13. The summed E-state index contributed by atoms with van der Waals surface area (Å²) in [4.78, 5) is 4.24. The molecular weight excluding hydrogens is 266 g/mol. The Hall–Kier alpha value is -1.80. The molecule has 0 N–H and O–H groups in total. The lowest BCUT2D eigenvalue weighted by molar-refractivity contribution is 0.594. The van der Waals surface area contributed by atoms with Crippen LogP contribution < -0.4 is 0 Å². The molecule has 0 fully saturated rings. The monoisotopic (exact) mass is 278 g/mol. The minimum Gasteiger partial charge on any atom is -0.239 e. The number of hydrogen-bond donors (Lipinski definition) is 0. The van der Waals surface area contributed by atoms with Gasteiger partial charge in [0.2, 0.25) is 0 Å². The molecule has 1 aromatic heterocycles. The van der Waals surface area contributed by atoms with Crippen LogP contribution in [0.3, 0.4) is 0 Å². The molecule has 0 amide bonds. The highest BCUT2D eigenvalue weighted by atomic mass is 32.1. The molecule has 0 aliphatic rings. The van der Waals surface area contributed by atoms with Crippen molar-refractivity contribution in [3.63, 3.8) is 0 Å². The van der Waals surface area contributed by atoms with E-state index in [0.29, 0.717) is 10.7 Å². The van der Waals surface area contributed by atoms with Crippen LogP contribution in [0.2, 0.25) is 0 Å². The predicted molar refractivity (Wildman–Crippen MR) is 70.8 cm³/mol. The van der Waals surface area contributed by atoms with Gasteiger partial charge >= 0.3 is 0 Å². The maximum Gasteiger partial charge on any atom is 0.133 e. The van der Waals surface area contributed by atoms with E-state index in [2.05, 4.69) is 11.1 Å². The number of rotatable bonds is 2. The molecule has 2 nitrogen and oxygen atoms in total. The smallest absolute Gasteiger partial charge is 0.133 e. The second-order valence-corrected chi connectivity index (χ2v) is 5.71. The molecule has 1 heterocycles. The van der Waals surface area contributed by atoms with Crippen LogP contribution in [-0.4, -0.2) is 4.98 Å². The van der Waals surface area contributed by atoms with Crippen LogP contribution in [0.4, 0.5) is 8.78 Å². The van der Waals surface area contributed by atoms with Crippen molar-refractivity contribution in [2.45, 2.75) is 26.2 Å². The number of thiazole rings is 1. The molecule has 0 aliphatic heterocycles. The van der Waals surface area contributed by atoms with Crippen LogP contribution in [0, 0.1) is 29.9 Å². The van der Waals surface area contributed by atoms with Crippen LogP contribution in [0.1, 0.15) is 24.4 Å². The van der Waals surface area contributed by atoms with Gasteiger partial charge in [-0.2, -0.15) is 5.26 Å². The molecule has 5 heteroatoms. The molecular formula is C14H12F2N2S. The Morgan fingerprint density at radius 2 is 1.95 bits per heavy atom. The van der Waals surface area contributed by atoms with Crippen molar-refractivity contribution in [1.29, 1.82) is 5.26 Å². The van der Waals surface area contributed by atoms with E-state index in [1.54, 1.807) is 19.2 Å². The number of benzene rings is 1. The topological polar surface area (TPSA) is 36.7 Å². The van der Waals surface area contributed by atoms with Gasteiger partial charge in [-0.1, -0.05) is 0 Å². The summed E-state index contributed by atoms with van der Waals surface area (Å²) in [6, 6.07) is 4.43.